The van der Waals surface area contributed by atoms with Crippen LogP contribution in [0.4, 0.5) is 0 Å². The van der Waals surface area contributed by atoms with Gasteiger partial charge in [-0.3, -0.25) is 0 Å². The minimum Gasteiger partial charge on any atom is -0.227 e. The lowest BCUT2D eigenvalue weighted by atomic mass is 9.67. The molecule has 0 radical (unpaired) electrons. The molecule has 0 bridgehead atoms. The van der Waals surface area contributed by atoms with E-state index in [4.69, 9.17) is 13.1 Å². The minimum atomic E-state index is 0.0637. The third kappa shape index (κ3) is 4.36. The minimum absolute atomic E-state index is 0.0637. The van der Waals surface area contributed by atoms with Gasteiger partial charge in [-0.1, -0.05) is 38.5 Å². The number of thiophene rings is 4. The molecule has 4 aromatic heterocycles. The van der Waals surface area contributed by atoms with Gasteiger partial charge in [0.05, 0.1) is 25.3 Å². The zero-order valence-corrected chi connectivity index (χ0v) is 28.4. The van der Waals surface area contributed by atoms with Crippen LogP contribution in [0.15, 0.2) is 47.8 Å². The Morgan fingerprint density at radius 2 is 1.02 bits per heavy atom. The van der Waals surface area contributed by atoms with Crippen molar-refractivity contribution in [1.82, 2.24) is 0 Å². The monoisotopic (exact) mass is 668 g/mol. The second-order valence-electron chi connectivity index (χ2n) is 12.7. The van der Waals surface area contributed by atoms with Crippen LogP contribution in [0.25, 0.3) is 52.5 Å². The molecular formula is C38H28N4S4. The van der Waals surface area contributed by atoms with Gasteiger partial charge in [0.2, 0.25) is 0 Å². The molecule has 4 nitrogen and oxygen atoms in total. The highest BCUT2D eigenvalue weighted by Crippen LogP contribution is 2.72. The molecule has 0 amide bonds. The molecule has 0 atom stereocenters. The fourth-order valence-corrected chi connectivity index (χ4v) is 13.3. The number of nitrogens with zero attached hydrogens (tertiary/aromatic N) is 4. The van der Waals surface area contributed by atoms with Crippen LogP contribution in [0.1, 0.15) is 94.8 Å². The van der Waals surface area contributed by atoms with Crippen LogP contribution in [0.5, 0.6) is 0 Å². The molecule has 2 spiro atoms. The maximum absolute atomic E-state index is 9.28. The average Bonchev–Trinajstić information content (AvgIpc) is 3.93. The third-order valence-electron chi connectivity index (χ3n) is 10.3. The third-order valence-corrected chi connectivity index (χ3v) is 15.1. The summed E-state index contributed by atoms with van der Waals surface area (Å²) in [5.41, 5.74) is 6.78. The summed E-state index contributed by atoms with van der Waals surface area (Å²) in [4.78, 5) is 16.7. The molecule has 4 aliphatic rings. The van der Waals surface area contributed by atoms with Crippen LogP contribution in [-0.4, -0.2) is 0 Å². The van der Waals surface area contributed by atoms with E-state index in [-0.39, 0.29) is 22.2 Å². The van der Waals surface area contributed by atoms with Crippen molar-refractivity contribution in [2.45, 2.75) is 75.0 Å². The molecule has 8 heteroatoms. The van der Waals surface area contributed by atoms with Crippen molar-refractivity contribution in [1.29, 1.82) is 10.5 Å². The number of hydrogen-bond donors (Lipinski definition) is 0. The Kier molecular flexibility index (Phi) is 7.25. The van der Waals surface area contributed by atoms with Crippen molar-refractivity contribution in [3.8, 4) is 31.6 Å². The van der Waals surface area contributed by atoms with Gasteiger partial charge in [0.15, 0.2) is 0 Å². The van der Waals surface area contributed by atoms with Crippen LogP contribution in [0, 0.1) is 35.8 Å². The molecule has 4 aliphatic carbocycles. The van der Waals surface area contributed by atoms with Gasteiger partial charge < -0.3 is 0 Å². The molecule has 224 valence electrons. The van der Waals surface area contributed by atoms with Gasteiger partial charge in [0.25, 0.3) is 11.4 Å². The molecule has 4 heterocycles. The van der Waals surface area contributed by atoms with E-state index in [9.17, 15) is 10.5 Å². The van der Waals surface area contributed by atoms with Crippen molar-refractivity contribution in [3.63, 3.8) is 0 Å². The zero-order valence-electron chi connectivity index (χ0n) is 25.1. The van der Waals surface area contributed by atoms with E-state index in [0.29, 0.717) is 0 Å². The predicted octanol–water partition coefficient (Wildman–Crippen LogP) is 12.2. The lowest BCUT2D eigenvalue weighted by Gasteiger charge is -2.37. The van der Waals surface area contributed by atoms with Crippen molar-refractivity contribution in [2.24, 2.45) is 0 Å². The quantitative estimate of drug-likeness (QED) is 0.160. The summed E-state index contributed by atoms with van der Waals surface area (Å²) in [5.74, 6) is 0. The number of rotatable bonds is 4. The van der Waals surface area contributed by atoms with E-state index in [0.717, 1.165) is 9.75 Å². The average molecular weight is 669 g/mol. The van der Waals surface area contributed by atoms with Gasteiger partial charge in [-0.2, -0.15) is 0 Å². The zero-order chi connectivity index (χ0) is 31.5. The maximum Gasteiger partial charge on any atom is 0.263 e. The van der Waals surface area contributed by atoms with Crippen LogP contribution in [0.2, 0.25) is 0 Å². The van der Waals surface area contributed by atoms with Crippen molar-refractivity contribution in [3.05, 3.63) is 101 Å². The summed E-state index contributed by atoms with van der Waals surface area (Å²) >= 11 is 7.30. The van der Waals surface area contributed by atoms with Gasteiger partial charge in [0, 0.05) is 49.8 Å². The maximum atomic E-state index is 9.28. The van der Waals surface area contributed by atoms with Crippen molar-refractivity contribution in [2.75, 3.05) is 0 Å². The first-order valence-corrected chi connectivity index (χ1v) is 19.0. The van der Waals surface area contributed by atoms with E-state index in [2.05, 4.69) is 34.0 Å². The van der Waals surface area contributed by atoms with Gasteiger partial charge in [-0.05, 0) is 96.5 Å². The summed E-state index contributed by atoms with van der Waals surface area (Å²) < 4.78 is 0. The Bertz CT molecular complexity index is 1980. The molecule has 0 N–H and O–H groups in total. The number of allylic oxidation sites excluding steroid dienone is 4. The molecule has 2 saturated carbocycles. The van der Waals surface area contributed by atoms with E-state index >= 15 is 0 Å². The molecule has 0 aliphatic heterocycles. The molecule has 0 unspecified atom stereocenters. The summed E-state index contributed by atoms with van der Waals surface area (Å²) in [6.45, 7) is 14.6. The summed E-state index contributed by atoms with van der Waals surface area (Å²) in [5, 5.41) is 18.6. The molecule has 0 aromatic carbocycles. The highest BCUT2D eigenvalue weighted by atomic mass is 32.1. The fourth-order valence-electron chi connectivity index (χ4n) is 8.44. The lowest BCUT2D eigenvalue weighted by molar-refractivity contribution is 0.373. The van der Waals surface area contributed by atoms with E-state index in [1.807, 2.05) is 46.9 Å². The largest absolute Gasteiger partial charge is 0.263 e. The van der Waals surface area contributed by atoms with Gasteiger partial charge in [0.1, 0.15) is 0 Å². The van der Waals surface area contributed by atoms with Gasteiger partial charge in [-0.25, -0.2) is 20.2 Å². The smallest absolute Gasteiger partial charge is 0.227 e. The molecule has 8 rings (SSSR count). The van der Waals surface area contributed by atoms with Crippen LogP contribution in [-0.2, 0) is 10.8 Å². The number of nitriles is 2. The van der Waals surface area contributed by atoms with Crippen LogP contribution < -0.4 is 0 Å². The second kappa shape index (κ2) is 11.3. The van der Waals surface area contributed by atoms with E-state index in [1.165, 1.54) is 93.5 Å². The predicted molar refractivity (Wildman–Crippen MR) is 192 cm³/mol. The summed E-state index contributed by atoms with van der Waals surface area (Å²) in [6.07, 6.45) is 15.8. The molecule has 46 heavy (non-hydrogen) atoms. The van der Waals surface area contributed by atoms with Crippen LogP contribution >= 0.6 is 45.3 Å². The standard InChI is InChI=1S/C38H28N4S4/c1-41-23(21-39)17-25-9-11-29(43-25)31-19-27-35(45-31)33-34(37(27)13-5-3-6-14-37)36-28(38(33)15-7-4-8-16-38)20-32(46-36)30-12-10-26(44-30)18-24(22-40)42-2/h9-12,17-20H,3-8,13-16H2/b23-17-,24-18+. The molecule has 4 aromatic rings. The van der Waals surface area contributed by atoms with Crippen molar-refractivity contribution >= 4 is 68.6 Å². The second-order valence-corrected chi connectivity index (χ2v) is 17.0. The highest BCUT2D eigenvalue weighted by Gasteiger charge is 2.58. The Hall–Kier alpha value is -4.02. The Morgan fingerprint density at radius 1 is 0.609 bits per heavy atom. The highest BCUT2D eigenvalue weighted by molar-refractivity contribution is 7.24. The van der Waals surface area contributed by atoms with E-state index < -0.39 is 0 Å². The van der Waals surface area contributed by atoms with Crippen LogP contribution in [0.3, 0.4) is 0 Å². The first kappa shape index (κ1) is 29.4. The Balaban J connectivity index is 1.28. The fraction of sp³-hybridized carbons (Fsp3) is 0.316. The molecule has 0 saturated heterocycles. The molecule has 2 fully saturated rings. The van der Waals surface area contributed by atoms with Gasteiger partial charge >= 0.3 is 0 Å². The normalized spacial score (nSPS) is 19.3. The Morgan fingerprint density at radius 3 is 1.39 bits per heavy atom. The first-order valence-electron chi connectivity index (χ1n) is 15.8. The SMILES string of the molecule is [C-]#[N+]/C(C#N)=C\c1ccc(-c2cc3c(s2)C2=C(c4sc(-c5ccc(/C=C(\C#N)[N+]#[C-])s5)cc4C24CCCCC4)C32CCCCC2)s1. The van der Waals surface area contributed by atoms with Gasteiger partial charge in [-0.15, -0.1) is 45.3 Å². The lowest BCUT2D eigenvalue weighted by Crippen LogP contribution is -2.28. The molecular weight excluding hydrogens is 641 g/mol. The van der Waals surface area contributed by atoms with Crippen molar-refractivity contribution < 1.29 is 0 Å². The number of hydrogen-bond acceptors (Lipinski definition) is 6. The topological polar surface area (TPSA) is 56.3 Å². The number of fused-ring (bicyclic) bond motifs is 8. The van der Waals surface area contributed by atoms with E-state index in [1.54, 1.807) is 57.1 Å². The summed E-state index contributed by atoms with van der Waals surface area (Å²) in [6, 6.07) is 17.4. The summed E-state index contributed by atoms with van der Waals surface area (Å²) in [7, 11) is 0. The first-order chi connectivity index (χ1) is 22.5. The Labute approximate surface area is 285 Å².